The first kappa shape index (κ1) is 11.8. The molecule has 0 saturated heterocycles. The highest BCUT2D eigenvalue weighted by Gasteiger charge is 2.25. The van der Waals surface area contributed by atoms with Gasteiger partial charge in [0.15, 0.2) is 0 Å². The fraction of sp³-hybridized carbons (Fsp3) is 1.00. The van der Waals surface area contributed by atoms with Gasteiger partial charge in [0.2, 0.25) is 0 Å². The van der Waals surface area contributed by atoms with E-state index >= 15 is 0 Å². The van der Waals surface area contributed by atoms with Crippen molar-refractivity contribution in [3.8, 4) is 0 Å². The van der Waals surface area contributed by atoms with Gasteiger partial charge < -0.3 is 17.0 Å². The van der Waals surface area contributed by atoms with Crippen molar-refractivity contribution in [3.63, 3.8) is 0 Å². The van der Waals surface area contributed by atoms with E-state index in [2.05, 4.69) is 13.2 Å². The van der Waals surface area contributed by atoms with Crippen molar-refractivity contribution in [2.75, 3.05) is 12.0 Å². The summed E-state index contributed by atoms with van der Waals surface area (Å²) in [6.45, 7) is 2.33. The van der Waals surface area contributed by atoms with Crippen LogP contribution in [0.15, 0.2) is 0 Å². The normalized spacial score (nSPS) is 22.4. The van der Waals surface area contributed by atoms with Crippen molar-refractivity contribution in [2.24, 2.45) is 0 Å². The monoisotopic (exact) mass is 238 g/mol. The smallest absolute Gasteiger partial charge is 0.118 e. The average Bonchev–Trinajstić information content (AvgIpc) is 2.05. The molecule has 0 aromatic rings. The minimum atomic E-state index is 0. The van der Waals surface area contributed by atoms with Gasteiger partial charge in [-0.2, -0.15) is 0 Å². The predicted molar refractivity (Wildman–Crippen MR) is 50.7 cm³/mol. The van der Waals surface area contributed by atoms with Gasteiger partial charge in [-0.3, -0.25) is 0 Å². The van der Waals surface area contributed by atoms with Crippen LogP contribution in [0, 0.1) is 0 Å². The molecular formula is C9H19BrS. The Morgan fingerprint density at radius 3 is 2.18 bits per heavy atom. The van der Waals surface area contributed by atoms with Gasteiger partial charge in [-0.15, -0.1) is 0 Å². The lowest BCUT2D eigenvalue weighted by Gasteiger charge is -2.19. The van der Waals surface area contributed by atoms with Crippen LogP contribution in [0.1, 0.15) is 39.0 Å². The molecule has 1 saturated carbocycles. The van der Waals surface area contributed by atoms with Crippen molar-refractivity contribution in [2.45, 2.75) is 44.3 Å². The summed E-state index contributed by atoms with van der Waals surface area (Å²) >= 11 is 0. The van der Waals surface area contributed by atoms with Gasteiger partial charge in [0.05, 0.1) is 6.26 Å². The first-order chi connectivity index (χ1) is 4.84. The van der Waals surface area contributed by atoms with E-state index in [-0.39, 0.29) is 17.0 Å². The highest BCUT2D eigenvalue weighted by molar-refractivity contribution is 7.96. The largest absolute Gasteiger partial charge is 1.00 e. The van der Waals surface area contributed by atoms with Crippen LogP contribution in [0.3, 0.4) is 0 Å². The Morgan fingerprint density at radius 1 is 1.18 bits per heavy atom. The lowest BCUT2D eigenvalue weighted by molar-refractivity contribution is -0.00000224. The summed E-state index contributed by atoms with van der Waals surface area (Å²) in [5, 5.41) is 1.10. The molecule has 11 heavy (non-hydrogen) atoms. The second kappa shape index (κ2) is 6.36. The van der Waals surface area contributed by atoms with E-state index < -0.39 is 0 Å². The van der Waals surface area contributed by atoms with E-state index in [4.69, 9.17) is 0 Å². The van der Waals surface area contributed by atoms with E-state index in [0.717, 1.165) is 16.1 Å². The summed E-state index contributed by atoms with van der Waals surface area (Å²) in [6, 6.07) is 0. The predicted octanol–water partition coefficient (Wildman–Crippen LogP) is -0.409. The minimum absolute atomic E-state index is 0. The lowest BCUT2D eigenvalue weighted by atomic mass is 10.0. The molecule has 1 aliphatic carbocycles. The zero-order valence-electron chi connectivity index (χ0n) is 7.61. The maximum atomic E-state index is 2.44. The maximum absolute atomic E-state index is 2.44. The molecule has 0 aromatic heterocycles. The van der Waals surface area contributed by atoms with Crippen molar-refractivity contribution in [1.29, 1.82) is 0 Å². The van der Waals surface area contributed by atoms with E-state index in [1.807, 2.05) is 0 Å². The van der Waals surface area contributed by atoms with E-state index in [1.165, 1.54) is 37.9 Å². The first-order valence-corrected chi connectivity index (χ1v) is 6.32. The highest BCUT2D eigenvalue weighted by atomic mass is 79.9. The second-order valence-electron chi connectivity index (χ2n) is 3.24. The summed E-state index contributed by atoms with van der Waals surface area (Å²) in [5.74, 6) is 1.41. The molecule has 0 nitrogen and oxygen atoms in total. The van der Waals surface area contributed by atoms with Crippen molar-refractivity contribution in [1.82, 2.24) is 0 Å². The van der Waals surface area contributed by atoms with Gasteiger partial charge in [-0.25, -0.2) is 0 Å². The fourth-order valence-corrected chi connectivity index (χ4v) is 3.31. The van der Waals surface area contributed by atoms with Crippen LogP contribution in [-0.2, 0) is 10.9 Å². The molecule has 1 aliphatic rings. The van der Waals surface area contributed by atoms with Crippen molar-refractivity contribution < 1.29 is 17.0 Å². The van der Waals surface area contributed by atoms with E-state index in [9.17, 15) is 0 Å². The Hall–Kier alpha value is 0.830. The summed E-state index contributed by atoms with van der Waals surface area (Å²) < 4.78 is 0. The second-order valence-corrected chi connectivity index (χ2v) is 5.87. The van der Waals surface area contributed by atoms with Crippen LogP contribution in [0.2, 0.25) is 0 Å². The summed E-state index contributed by atoms with van der Waals surface area (Å²) in [5.41, 5.74) is 0. The third kappa shape index (κ3) is 3.84. The number of halogens is 1. The average molecular weight is 239 g/mol. The summed E-state index contributed by atoms with van der Waals surface area (Å²) in [7, 11) is 0.737. The quantitative estimate of drug-likeness (QED) is 0.575. The molecule has 0 spiro atoms. The topological polar surface area (TPSA) is 0 Å². The molecule has 0 bridgehead atoms. The summed E-state index contributed by atoms with van der Waals surface area (Å²) in [4.78, 5) is 0. The SMILES string of the molecule is CC[S+](C)C1CCCCC1.[Br-]. The molecular weight excluding hydrogens is 220 g/mol. The number of hydrogen-bond donors (Lipinski definition) is 0. The van der Waals surface area contributed by atoms with Crippen LogP contribution in [-0.4, -0.2) is 17.3 Å². The van der Waals surface area contributed by atoms with Crippen LogP contribution in [0.5, 0.6) is 0 Å². The molecule has 0 aromatic carbocycles. The molecule has 2 heteroatoms. The molecule has 0 heterocycles. The molecule has 0 amide bonds. The Balaban J connectivity index is 0.000001000. The van der Waals surface area contributed by atoms with Crippen LogP contribution < -0.4 is 17.0 Å². The van der Waals surface area contributed by atoms with Gasteiger partial charge in [-0.1, -0.05) is 6.42 Å². The Morgan fingerprint density at radius 2 is 1.73 bits per heavy atom. The molecule has 0 radical (unpaired) electrons. The van der Waals surface area contributed by atoms with Gasteiger partial charge in [0.25, 0.3) is 0 Å². The molecule has 1 atom stereocenters. The Labute approximate surface area is 84.3 Å². The van der Waals surface area contributed by atoms with Crippen LogP contribution in [0.25, 0.3) is 0 Å². The summed E-state index contributed by atoms with van der Waals surface area (Å²) in [6.07, 6.45) is 9.98. The molecule has 0 aliphatic heterocycles. The van der Waals surface area contributed by atoms with Gasteiger partial charge in [0.1, 0.15) is 11.0 Å². The van der Waals surface area contributed by atoms with Crippen molar-refractivity contribution >= 4 is 10.9 Å². The third-order valence-corrected chi connectivity index (χ3v) is 5.10. The first-order valence-electron chi connectivity index (χ1n) is 4.46. The molecule has 1 unspecified atom stereocenters. The minimum Gasteiger partial charge on any atom is -1.00 e. The Bertz CT molecular complexity index is 89.6. The van der Waals surface area contributed by atoms with E-state index in [1.54, 1.807) is 0 Å². The molecule has 0 N–H and O–H groups in total. The standard InChI is InChI=1S/C9H19S.BrH/c1-3-10(2)9-7-5-4-6-8-9;/h9H,3-8H2,1-2H3;1H/q+1;/p-1. The van der Waals surface area contributed by atoms with Gasteiger partial charge >= 0.3 is 0 Å². The van der Waals surface area contributed by atoms with Gasteiger partial charge in [-0.05, 0) is 43.5 Å². The zero-order chi connectivity index (χ0) is 7.40. The van der Waals surface area contributed by atoms with Crippen LogP contribution >= 0.6 is 0 Å². The van der Waals surface area contributed by atoms with Gasteiger partial charge in [0, 0.05) is 0 Å². The third-order valence-electron chi connectivity index (χ3n) is 2.58. The van der Waals surface area contributed by atoms with Crippen LogP contribution in [0.4, 0.5) is 0 Å². The zero-order valence-corrected chi connectivity index (χ0v) is 10.0. The van der Waals surface area contributed by atoms with E-state index in [0.29, 0.717) is 0 Å². The number of rotatable bonds is 2. The Kier molecular flexibility index (Phi) is 6.84. The maximum Gasteiger partial charge on any atom is 0.118 e. The van der Waals surface area contributed by atoms with Crippen molar-refractivity contribution in [3.05, 3.63) is 0 Å². The lowest BCUT2D eigenvalue weighted by Crippen LogP contribution is -3.00. The molecule has 1 rings (SSSR count). The molecule has 1 fully saturated rings. The highest BCUT2D eigenvalue weighted by Crippen LogP contribution is 2.23. The number of hydrogen-bond acceptors (Lipinski definition) is 0. The fourth-order valence-electron chi connectivity index (χ4n) is 1.70. The molecule has 68 valence electrons.